The summed E-state index contributed by atoms with van der Waals surface area (Å²) in [5.41, 5.74) is 2.19. The molecular formula is C22H31IN4O3S. The van der Waals surface area contributed by atoms with Crippen molar-refractivity contribution in [3.05, 3.63) is 59.7 Å². The van der Waals surface area contributed by atoms with Gasteiger partial charge < -0.3 is 15.4 Å². The molecule has 7 nitrogen and oxygen atoms in total. The third-order valence-electron chi connectivity index (χ3n) is 5.22. The van der Waals surface area contributed by atoms with E-state index < -0.39 is 10.0 Å². The number of sulfonamides is 1. The van der Waals surface area contributed by atoms with E-state index in [2.05, 4.69) is 21.7 Å². The molecule has 9 heteroatoms. The summed E-state index contributed by atoms with van der Waals surface area (Å²) in [5, 5.41) is 6.54. The van der Waals surface area contributed by atoms with Crippen LogP contribution in [0.1, 0.15) is 25.0 Å². The summed E-state index contributed by atoms with van der Waals surface area (Å²) in [6, 6.07) is 14.9. The Kier molecular flexibility index (Phi) is 9.14. The van der Waals surface area contributed by atoms with Crippen molar-refractivity contribution >= 4 is 40.0 Å². The lowest BCUT2D eigenvalue weighted by molar-refractivity contribution is 0.235. The summed E-state index contributed by atoms with van der Waals surface area (Å²) >= 11 is 0. The van der Waals surface area contributed by atoms with Gasteiger partial charge in [-0.3, -0.25) is 4.99 Å². The molecule has 1 heterocycles. The number of aliphatic imine (C=N–C) groups is 1. The molecule has 0 spiro atoms. The van der Waals surface area contributed by atoms with Gasteiger partial charge in [0, 0.05) is 33.1 Å². The van der Waals surface area contributed by atoms with Crippen LogP contribution < -0.4 is 15.4 Å². The monoisotopic (exact) mass is 558 g/mol. The largest absolute Gasteiger partial charge is 0.488 e. The van der Waals surface area contributed by atoms with Gasteiger partial charge >= 0.3 is 0 Å². The molecule has 0 radical (unpaired) electrons. The van der Waals surface area contributed by atoms with E-state index in [9.17, 15) is 8.42 Å². The van der Waals surface area contributed by atoms with Gasteiger partial charge in [-0.05, 0) is 43.2 Å². The molecule has 170 valence electrons. The first kappa shape index (κ1) is 25.4. The number of hydrogen-bond acceptors (Lipinski definition) is 4. The third-order valence-corrected chi connectivity index (χ3v) is 7.27. The summed E-state index contributed by atoms with van der Waals surface area (Å²) in [7, 11) is -0.155. The fourth-order valence-corrected chi connectivity index (χ4v) is 4.58. The summed E-state index contributed by atoms with van der Waals surface area (Å²) in [6.45, 7) is 4.88. The molecule has 0 aromatic heterocycles. The van der Waals surface area contributed by atoms with Gasteiger partial charge in [0.25, 0.3) is 0 Å². The standard InChI is InChI=1S/C22H30N4O3S.HI/c1-16(2)26(4)30(27,28)20-11-9-17(10-12-20)14-24-22(23-3)25-15-19-13-18-7-5-6-8-21(18)29-19;/h5-12,16,19H,13-15H2,1-4H3,(H2,23,24,25);1H. The average Bonchev–Trinajstić information content (AvgIpc) is 3.16. The Hall–Kier alpha value is -1.85. The maximum absolute atomic E-state index is 12.6. The molecule has 0 fully saturated rings. The smallest absolute Gasteiger partial charge is 0.243 e. The zero-order valence-corrected chi connectivity index (χ0v) is 21.5. The first-order valence-electron chi connectivity index (χ1n) is 10.1. The molecular weight excluding hydrogens is 527 g/mol. The molecule has 0 bridgehead atoms. The van der Waals surface area contributed by atoms with Crippen molar-refractivity contribution in [2.75, 3.05) is 20.6 Å². The second-order valence-electron chi connectivity index (χ2n) is 7.62. The average molecular weight is 558 g/mol. The van der Waals surface area contributed by atoms with E-state index in [-0.39, 0.29) is 36.1 Å². The highest BCUT2D eigenvalue weighted by molar-refractivity contribution is 14.0. The summed E-state index contributed by atoms with van der Waals surface area (Å²) < 4.78 is 32.4. The number of halogens is 1. The minimum atomic E-state index is -3.47. The van der Waals surface area contributed by atoms with Crippen LogP contribution in [-0.2, 0) is 23.0 Å². The Morgan fingerprint density at radius 2 is 1.84 bits per heavy atom. The molecule has 2 N–H and O–H groups in total. The van der Waals surface area contributed by atoms with E-state index in [1.165, 1.54) is 9.87 Å². The number of hydrogen-bond donors (Lipinski definition) is 2. The van der Waals surface area contributed by atoms with Crippen molar-refractivity contribution in [2.24, 2.45) is 4.99 Å². The van der Waals surface area contributed by atoms with E-state index in [0.717, 1.165) is 17.7 Å². The van der Waals surface area contributed by atoms with Crippen LogP contribution >= 0.6 is 24.0 Å². The zero-order chi connectivity index (χ0) is 21.7. The van der Waals surface area contributed by atoms with Crippen molar-refractivity contribution in [2.45, 2.75) is 43.9 Å². The number of rotatable bonds is 7. The fourth-order valence-electron chi connectivity index (χ4n) is 3.21. The highest BCUT2D eigenvalue weighted by Crippen LogP contribution is 2.27. The van der Waals surface area contributed by atoms with Gasteiger partial charge in [-0.2, -0.15) is 4.31 Å². The Labute approximate surface area is 202 Å². The Bertz CT molecular complexity index is 969. The minimum absolute atomic E-state index is 0. The van der Waals surface area contributed by atoms with Gasteiger partial charge in [0.2, 0.25) is 10.0 Å². The van der Waals surface area contributed by atoms with Crippen molar-refractivity contribution in [1.29, 1.82) is 0 Å². The van der Waals surface area contributed by atoms with E-state index in [1.807, 2.05) is 44.2 Å². The van der Waals surface area contributed by atoms with E-state index in [1.54, 1.807) is 26.2 Å². The van der Waals surface area contributed by atoms with Crippen molar-refractivity contribution in [3.8, 4) is 5.75 Å². The number of nitrogens with zero attached hydrogens (tertiary/aromatic N) is 2. The van der Waals surface area contributed by atoms with Gasteiger partial charge in [0.1, 0.15) is 11.9 Å². The summed E-state index contributed by atoms with van der Waals surface area (Å²) in [5.74, 6) is 1.62. The van der Waals surface area contributed by atoms with Crippen LogP contribution in [0.5, 0.6) is 5.75 Å². The molecule has 1 unspecified atom stereocenters. The van der Waals surface area contributed by atoms with E-state index in [0.29, 0.717) is 23.9 Å². The first-order chi connectivity index (χ1) is 14.3. The molecule has 0 amide bonds. The Morgan fingerprint density at radius 1 is 1.16 bits per heavy atom. The molecule has 2 aromatic carbocycles. The number of nitrogens with one attached hydrogen (secondary N) is 2. The van der Waals surface area contributed by atoms with Gasteiger partial charge in [-0.25, -0.2) is 8.42 Å². The van der Waals surface area contributed by atoms with Crippen molar-refractivity contribution < 1.29 is 13.2 Å². The SMILES string of the molecule is CN=C(NCc1ccc(S(=O)(=O)N(C)C(C)C)cc1)NCC1Cc2ccccc2O1.I. The molecule has 1 atom stereocenters. The second kappa shape index (κ2) is 11.1. The quantitative estimate of drug-likeness (QED) is 0.310. The third kappa shape index (κ3) is 6.33. The maximum atomic E-state index is 12.6. The highest BCUT2D eigenvalue weighted by Gasteiger charge is 2.23. The summed E-state index contributed by atoms with van der Waals surface area (Å²) in [4.78, 5) is 4.54. The second-order valence-corrected chi connectivity index (χ2v) is 9.61. The van der Waals surface area contributed by atoms with Gasteiger partial charge in [0.05, 0.1) is 11.4 Å². The molecule has 31 heavy (non-hydrogen) atoms. The number of para-hydroxylation sites is 1. The molecule has 1 aliphatic rings. The van der Waals surface area contributed by atoms with E-state index >= 15 is 0 Å². The topological polar surface area (TPSA) is 83.0 Å². The number of ether oxygens (including phenoxy) is 1. The minimum Gasteiger partial charge on any atom is -0.488 e. The number of guanidine groups is 1. The predicted octanol–water partition coefficient (Wildman–Crippen LogP) is 3.00. The van der Waals surface area contributed by atoms with Crippen LogP contribution in [0.4, 0.5) is 0 Å². The predicted molar refractivity (Wildman–Crippen MR) is 135 cm³/mol. The van der Waals surface area contributed by atoms with Crippen LogP contribution in [0.25, 0.3) is 0 Å². The number of fused-ring (bicyclic) bond motifs is 1. The Balaban J connectivity index is 0.00000341. The lowest BCUT2D eigenvalue weighted by Gasteiger charge is -2.21. The van der Waals surface area contributed by atoms with Gasteiger partial charge in [0.15, 0.2) is 5.96 Å². The first-order valence-corrected chi connectivity index (χ1v) is 11.5. The molecule has 0 aliphatic carbocycles. The number of benzene rings is 2. The van der Waals surface area contributed by atoms with Crippen molar-refractivity contribution in [3.63, 3.8) is 0 Å². The Morgan fingerprint density at radius 3 is 2.45 bits per heavy atom. The molecule has 0 saturated heterocycles. The normalized spacial score (nSPS) is 15.9. The molecule has 0 saturated carbocycles. The fraction of sp³-hybridized carbons (Fsp3) is 0.409. The van der Waals surface area contributed by atoms with Crippen LogP contribution in [0, 0.1) is 0 Å². The zero-order valence-electron chi connectivity index (χ0n) is 18.3. The van der Waals surface area contributed by atoms with Crippen LogP contribution in [0.3, 0.4) is 0 Å². The van der Waals surface area contributed by atoms with Gasteiger partial charge in [-0.15, -0.1) is 24.0 Å². The molecule has 3 rings (SSSR count). The van der Waals surface area contributed by atoms with Crippen molar-refractivity contribution in [1.82, 2.24) is 14.9 Å². The van der Waals surface area contributed by atoms with Crippen LogP contribution in [0.15, 0.2) is 58.4 Å². The molecule has 1 aliphatic heterocycles. The maximum Gasteiger partial charge on any atom is 0.243 e. The lowest BCUT2D eigenvalue weighted by Crippen LogP contribution is -2.41. The van der Waals surface area contributed by atoms with Crippen LogP contribution in [0.2, 0.25) is 0 Å². The lowest BCUT2D eigenvalue weighted by atomic mass is 10.1. The van der Waals surface area contributed by atoms with Crippen LogP contribution in [-0.4, -0.2) is 51.5 Å². The van der Waals surface area contributed by atoms with Gasteiger partial charge in [-0.1, -0.05) is 30.3 Å². The molecule has 2 aromatic rings. The van der Waals surface area contributed by atoms with E-state index in [4.69, 9.17) is 4.74 Å². The highest BCUT2D eigenvalue weighted by atomic mass is 127. The summed E-state index contributed by atoms with van der Waals surface area (Å²) in [6.07, 6.45) is 0.949.